The van der Waals surface area contributed by atoms with E-state index in [4.69, 9.17) is 4.74 Å². The number of ether oxygens (including phenoxy) is 1. The minimum absolute atomic E-state index is 0.339. The molecule has 1 aromatic rings. The van der Waals surface area contributed by atoms with Gasteiger partial charge >= 0.3 is 0 Å². The van der Waals surface area contributed by atoms with Crippen LogP contribution in [-0.4, -0.2) is 43.8 Å². The molecule has 0 bridgehead atoms. The van der Waals surface area contributed by atoms with Gasteiger partial charge in [0, 0.05) is 30.6 Å². The summed E-state index contributed by atoms with van der Waals surface area (Å²) >= 11 is 1.81. The first-order chi connectivity index (χ1) is 8.29. The van der Waals surface area contributed by atoms with Gasteiger partial charge < -0.3 is 10.1 Å². The molecule has 0 aromatic carbocycles. The van der Waals surface area contributed by atoms with Gasteiger partial charge in [0.1, 0.15) is 0 Å². The second-order valence-electron chi connectivity index (χ2n) is 4.53. The maximum absolute atomic E-state index is 5.78. The van der Waals surface area contributed by atoms with Crippen molar-refractivity contribution in [1.29, 1.82) is 0 Å². The predicted molar refractivity (Wildman–Crippen MR) is 72.6 cm³/mol. The molecular weight excluding hydrogens is 232 g/mol. The molecule has 96 valence electrons. The minimum atomic E-state index is 0.339. The second-order valence-corrected chi connectivity index (χ2v) is 5.51. The molecule has 1 N–H and O–H groups in total. The van der Waals surface area contributed by atoms with Crippen molar-refractivity contribution in [2.24, 2.45) is 0 Å². The highest BCUT2D eigenvalue weighted by molar-refractivity contribution is 7.10. The number of nitrogens with zero attached hydrogens (tertiary/aromatic N) is 1. The van der Waals surface area contributed by atoms with Crippen LogP contribution in [0.5, 0.6) is 0 Å². The molecule has 3 nitrogen and oxygen atoms in total. The summed E-state index contributed by atoms with van der Waals surface area (Å²) in [6.45, 7) is 9.49. The van der Waals surface area contributed by atoms with Crippen LogP contribution in [0.25, 0.3) is 0 Å². The molecule has 1 aliphatic heterocycles. The van der Waals surface area contributed by atoms with E-state index >= 15 is 0 Å². The third-order valence-electron chi connectivity index (χ3n) is 3.29. The van der Waals surface area contributed by atoms with Crippen LogP contribution >= 0.6 is 11.3 Å². The maximum Gasteiger partial charge on any atom is 0.0826 e. The molecule has 4 heteroatoms. The van der Waals surface area contributed by atoms with E-state index in [1.54, 1.807) is 0 Å². The van der Waals surface area contributed by atoms with Crippen molar-refractivity contribution >= 4 is 11.3 Å². The van der Waals surface area contributed by atoms with Crippen LogP contribution in [0.15, 0.2) is 17.5 Å². The largest absolute Gasteiger partial charge is 0.374 e. The average molecular weight is 254 g/mol. The molecule has 1 aliphatic rings. The van der Waals surface area contributed by atoms with Gasteiger partial charge in [-0.25, -0.2) is 0 Å². The van der Waals surface area contributed by atoms with Gasteiger partial charge in [-0.2, -0.15) is 0 Å². The summed E-state index contributed by atoms with van der Waals surface area (Å²) in [4.78, 5) is 3.85. The summed E-state index contributed by atoms with van der Waals surface area (Å²) in [7, 11) is 0. The van der Waals surface area contributed by atoms with Gasteiger partial charge in [-0.3, -0.25) is 4.90 Å². The highest BCUT2D eigenvalue weighted by atomic mass is 32.1. The molecule has 2 atom stereocenters. The van der Waals surface area contributed by atoms with E-state index in [2.05, 4.69) is 41.6 Å². The SMILES string of the molecule is CCN1CCOC(CN[C@H](C)c2cccs2)C1. The molecule has 1 unspecified atom stereocenters. The standard InChI is InChI=1S/C13H22N2OS/c1-3-15-6-7-16-12(10-15)9-14-11(2)13-5-4-8-17-13/h4-5,8,11-12,14H,3,6-7,9-10H2,1-2H3/t11-,12?/m1/s1. The number of likely N-dealkylation sites (N-methyl/N-ethyl adjacent to an activating group) is 1. The second kappa shape index (κ2) is 6.50. The average Bonchev–Trinajstić information content (AvgIpc) is 2.90. The highest BCUT2D eigenvalue weighted by Gasteiger charge is 2.19. The lowest BCUT2D eigenvalue weighted by Gasteiger charge is -2.32. The van der Waals surface area contributed by atoms with E-state index in [1.165, 1.54) is 4.88 Å². The fourth-order valence-electron chi connectivity index (χ4n) is 2.14. The molecule has 0 radical (unpaired) electrons. The lowest BCUT2D eigenvalue weighted by atomic mass is 10.2. The fraction of sp³-hybridized carbons (Fsp3) is 0.692. The maximum atomic E-state index is 5.78. The molecule has 0 amide bonds. The van der Waals surface area contributed by atoms with Crippen LogP contribution in [-0.2, 0) is 4.74 Å². The zero-order valence-corrected chi connectivity index (χ0v) is 11.5. The van der Waals surface area contributed by atoms with Crippen LogP contribution in [0.1, 0.15) is 24.8 Å². The van der Waals surface area contributed by atoms with Crippen molar-refractivity contribution in [1.82, 2.24) is 10.2 Å². The third kappa shape index (κ3) is 3.78. The van der Waals surface area contributed by atoms with Gasteiger partial charge in [-0.1, -0.05) is 13.0 Å². The van der Waals surface area contributed by atoms with Crippen molar-refractivity contribution in [3.63, 3.8) is 0 Å². The first kappa shape index (κ1) is 13.0. The van der Waals surface area contributed by atoms with Crippen molar-refractivity contribution in [2.75, 3.05) is 32.8 Å². The topological polar surface area (TPSA) is 24.5 Å². The van der Waals surface area contributed by atoms with Crippen LogP contribution < -0.4 is 5.32 Å². The third-order valence-corrected chi connectivity index (χ3v) is 4.35. The van der Waals surface area contributed by atoms with E-state index in [0.717, 1.165) is 32.8 Å². The molecule has 1 aromatic heterocycles. The zero-order valence-electron chi connectivity index (χ0n) is 10.7. The molecule has 0 aliphatic carbocycles. The predicted octanol–water partition coefficient (Wildman–Crippen LogP) is 2.12. The first-order valence-corrected chi connectivity index (χ1v) is 7.28. The van der Waals surface area contributed by atoms with Crippen molar-refractivity contribution in [2.45, 2.75) is 26.0 Å². The van der Waals surface area contributed by atoms with Gasteiger partial charge in [-0.15, -0.1) is 11.3 Å². The van der Waals surface area contributed by atoms with Crippen molar-refractivity contribution in [3.8, 4) is 0 Å². The van der Waals surface area contributed by atoms with E-state index in [1.807, 2.05) is 11.3 Å². The Hall–Kier alpha value is -0.420. The summed E-state index contributed by atoms with van der Waals surface area (Å²) in [5.41, 5.74) is 0. The summed E-state index contributed by atoms with van der Waals surface area (Å²) in [6, 6.07) is 4.71. The normalized spacial score (nSPS) is 23.8. The van der Waals surface area contributed by atoms with Gasteiger partial charge in [0.2, 0.25) is 0 Å². The Labute approximate surface area is 108 Å². The smallest absolute Gasteiger partial charge is 0.0826 e. The number of nitrogens with one attached hydrogen (secondary N) is 1. The zero-order chi connectivity index (χ0) is 12.1. The molecule has 0 saturated carbocycles. The highest BCUT2D eigenvalue weighted by Crippen LogP contribution is 2.18. The van der Waals surface area contributed by atoms with Gasteiger partial charge in [0.25, 0.3) is 0 Å². The Kier molecular flexibility index (Phi) is 4.98. The van der Waals surface area contributed by atoms with Crippen LogP contribution in [0, 0.1) is 0 Å². The Morgan fingerprint density at radius 2 is 2.53 bits per heavy atom. The lowest BCUT2D eigenvalue weighted by molar-refractivity contribution is -0.0261. The summed E-state index contributed by atoms with van der Waals surface area (Å²) in [5, 5.41) is 5.69. The molecule has 2 rings (SSSR count). The van der Waals surface area contributed by atoms with Crippen molar-refractivity contribution < 1.29 is 4.74 Å². The number of morpholine rings is 1. The number of rotatable bonds is 5. The monoisotopic (exact) mass is 254 g/mol. The van der Waals surface area contributed by atoms with E-state index in [9.17, 15) is 0 Å². The van der Waals surface area contributed by atoms with Gasteiger partial charge in [-0.05, 0) is 24.9 Å². The molecule has 1 fully saturated rings. The van der Waals surface area contributed by atoms with Crippen LogP contribution in [0.2, 0.25) is 0 Å². The van der Waals surface area contributed by atoms with Crippen LogP contribution in [0.3, 0.4) is 0 Å². The Balaban J connectivity index is 1.74. The Morgan fingerprint density at radius 1 is 1.65 bits per heavy atom. The first-order valence-electron chi connectivity index (χ1n) is 6.40. The summed E-state index contributed by atoms with van der Waals surface area (Å²) in [6.07, 6.45) is 0.339. The number of thiophene rings is 1. The van der Waals surface area contributed by atoms with E-state index < -0.39 is 0 Å². The fourth-order valence-corrected chi connectivity index (χ4v) is 2.90. The van der Waals surface area contributed by atoms with Gasteiger partial charge in [0.15, 0.2) is 0 Å². The Morgan fingerprint density at radius 3 is 3.24 bits per heavy atom. The van der Waals surface area contributed by atoms with Crippen LogP contribution in [0.4, 0.5) is 0 Å². The molecular formula is C13H22N2OS. The van der Waals surface area contributed by atoms with E-state index in [-0.39, 0.29) is 0 Å². The number of hydrogen-bond donors (Lipinski definition) is 1. The number of hydrogen-bond acceptors (Lipinski definition) is 4. The molecule has 0 spiro atoms. The summed E-state index contributed by atoms with van der Waals surface area (Å²) in [5.74, 6) is 0. The lowest BCUT2D eigenvalue weighted by Crippen LogP contribution is -2.46. The summed E-state index contributed by atoms with van der Waals surface area (Å²) < 4.78 is 5.78. The Bertz CT molecular complexity index is 315. The van der Waals surface area contributed by atoms with Gasteiger partial charge in [0.05, 0.1) is 12.7 Å². The molecule has 2 heterocycles. The molecule has 17 heavy (non-hydrogen) atoms. The minimum Gasteiger partial charge on any atom is -0.374 e. The van der Waals surface area contributed by atoms with E-state index in [0.29, 0.717) is 12.1 Å². The van der Waals surface area contributed by atoms with Crippen molar-refractivity contribution in [3.05, 3.63) is 22.4 Å². The quantitative estimate of drug-likeness (QED) is 0.871. The molecule has 1 saturated heterocycles.